The lowest BCUT2D eigenvalue weighted by Crippen LogP contribution is -2.46. The summed E-state index contributed by atoms with van der Waals surface area (Å²) in [6.07, 6.45) is 3.67. The van der Waals surface area contributed by atoms with Gasteiger partial charge in [-0.3, -0.25) is 9.78 Å². The molecule has 0 amide bonds. The van der Waals surface area contributed by atoms with Gasteiger partial charge in [-0.2, -0.15) is 0 Å². The zero-order valence-electron chi connectivity index (χ0n) is 16.1. The minimum Gasteiger partial charge on any atom is -0.368 e. The van der Waals surface area contributed by atoms with Gasteiger partial charge in [0.1, 0.15) is 0 Å². The Labute approximate surface area is 179 Å². The maximum atomic E-state index is 12.7. The van der Waals surface area contributed by atoms with Crippen LogP contribution in [-0.4, -0.2) is 36.9 Å². The van der Waals surface area contributed by atoms with Crippen molar-refractivity contribution in [1.82, 2.24) is 4.98 Å². The van der Waals surface area contributed by atoms with Crippen LogP contribution in [0.25, 0.3) is 5.57 Å². The fourth-order valence-corrected chi connectivity index (χ4v) is 3.82. The normalized spacial score (nSPS) is 14.0. The lowest BCUT2D eigenvalue weighted by molar-refractivity contribution is 0.105. The summed E-state index contributed by atoms with van der Waals surface area (Å²) in [6.45, 7) is 7.89. The average molecular weight is 448 g/mol. The zero-order valence-corrected chi connectivity index (χ0v) is 17.7. The molecule has 4 nitrogen and oxygen atoms in total. The van der Waals surface area contributed by atoms with Crippen molar-refractivity contribution in [3.63, 3.8) is 0 Å². The van der Waals surface area contributed by atoms with Gasteiger partial charge in [-0.25, -0.2) is 0 Å². The lowest BCUT2D eigenvalue weighted by atomic mass is 9.98. The Morgan fingerprint density at radius 2 is 1.24 bits per heavy atom. The van der Waals surface area contributed by atoms with Crippen LogP contribution in [0.3, 0.4) is 0 Å². The van der Waals surface area contributed by atoms with E-state index in [2.05, 4.69) is 61.6 Å². The SMILES string of the molecule is C=C(C(=O)c1ccc(Br)cc1)c1ccc(N2CCN(c3ccncc3)CC2)cc1. The number of ketones is 1. The molecule has 2 aromatic carbocycles. The van der Waals surface area contributed by atoms with Crippen molar-refractivity contribution in [2.45, 2.75) is 0 Å². The van der Waals surface area contributed by atoms with E-state index in [1.54, 1.807) is 0 Å². The smallest absolute Gasteiger partial charge is 0.193 e. The molecule has 0 atom stereocenters. The van der Waals surface area contributed by atoms with Crippen molar-refractivity contribution < 1.29 is 4.79 Å². The highest BCUT2D eigenvalue weighted by molar-refractivity contribution is 9.10. The molecule has 1 aliphatic heterocycles. The van der Waals surface area contributed by atoms with Gasteiger partial charge < -0.3 is 9.80 Å². The summed E-state index contributed by atoms with van der Waals surface area (Å²) in [4.78, 5) is 21.5. The first-order valence-electron chi connectivity index (χ1n) is 9.61. The fraction of sp³-hybridized carbons (Fsp3) is 0.167. The fourth-order valence-electron chi connectivity index (χ4n) is 3.56. The number of nitrogens with zero attached hydrogens (tertiary/aromatic N) is 3. The van der Waals surface area contributed by atoms with Crippen LogP contribution in [-0.2, 0) is 0 Å². The van der Waals surface area contributed by atoms with Gasteiger partial charge in [-0.15, -0.1) is 0 Å². The molecule has 29 heavy (non-hydrogen) atoms. The highest BCUT2D eigenvalue weighted by atomic mass is 79.9. The first-order chi connectivity index (χ1) is 14.1. The molecule has 0 saturated carbocycles. The molecule has 0 aliphatic carbocycles. The average Bonchev–Trinajstić information content (AvgIpc) is 2.79. The lowest BCUT2D eigenvalue weighted by Gasteiger charge is -2.37. The molecule has 0 N–H and O–H groups in total. The number of carbonyl (C=O) groups is 1. The van der Waals surface area contributed by atoms with Crippen LogP contribution in [0.5, 0.6) is 0 Å². The van der Waals surface area contributed by atoms with Crippen molar-refractivity contribution in [3.05, 3.63) is 95.2 Å². The number of rotatable bonds is 5. The van der Waals surface area contributed by atoms with Gasteiger partial charge >= 0.3 is 0 Å². The second-order valence-corrected chi connectivity index (χ2v) is 7.96. The summed E-state index contributed by atoms with van der Waals surface area (Å²) < 4.78 is 0.952. The Morgan fingerprint density at radius 3 is 1.79 bits per heavy atom. The Bertz CT molecular complexity index is 993. The first-order valence-corrected chi connectivity index (χ1v) is 10.4. The van der Waals surface area contributed by atoms with E-state index in [4.69, 9.17) is 0 Å². The van der Waals surface area contributed by atoms with Crippen molar-refractivity contribution in [2.24, 2.45) is 0 Å². The number of pyridine rings is 1. The third-order valence-electron chi connectivity index (χ3n) is 5.27. The minimum absolute atomic E-state index is 0.0452. The van der Waals surface area contributed by atoms with E-state index in [-0.39, 0.29) is 5.78 Å². The number of piperazine rings is 1. The van der Waals surface area contributed by atoms with Crippen molar-refractivity contribution in [1.29, 1.82) is 0 Å². The molecule has 4 rings (SSSR count). The highest BCUT2D eigenvalue weighted by Gasteiger charge is 2.18. The van der Waals surface area contributed by atoms with Crippen molar-refractivity contribution >= 4 is 38.7 Å². The van der Waals surface area contributed by atoms with Gasteiger partial charge in [0.05, 0.1) is 0 Å². The Hall–Kier alpha value is -2.92. The number of carbonyl (C=O) groups excluding carboxylic acids is 1. The maximum Gasteiger partial charge on any atom is 0.193 e. The second kappa shape index (κ2) is 8.62. The number of hydrogen-bond acceptors (Lipinski definition) is 4. The molecule has 0 spiro atoms. The Kier molecular flexibility index (Phi) is 5.76. The second-order valence-electron chi connectivity index (χ2n) is 7.04. The van der Waals surface area contributed by atoms with Gasteiger partial charge in [0, 0.05) is 65.6 Å². The molecule has 5 heteroatoms. The van der Waals surface area contributed by atoms with E-state index in [1.807, 2.05) is 48.8 Å². The molecule has 0 radical (unpaired) electrons. The summed E-state index contributed by atoms with van der Waals surface area (Å²) in [5.74, 6) is -0.0452. The zero-order chi connectivity index (χ0) is 20.2. The Morgan fingerprint density at radius 1 is 0.759 bits per heavy atom. The van der Waals surface area contributed by atoms with Crippen LogP contribution >= 0.6 is 15.9 Å². The summed E-state index contributed by atoms with van der Waals surface area (Å²) in [6, 6.07) is 19.6. The van der Waals surface area contributed by atoms with Crippen LogP contribution < -0.4 is 9.80 Å². The number of anilines is 2. The van der Waals surface area contributed by atoms with Crippen molar-refractivity contribution in [2.75, 3.05) is 36.0 Å². The highest BCUT2D eigenvalue weighted by Crippen LogP contribution is 2.24. The standard InChI is InChI=1S/C24H22BrN3O/c1-18(24(29)20-2-6-21(25)7-3-20)19-4-8-22(9-5-19)27-14-16-28(17-15-27)23-10-12-26-13-11-23/h2-13H,1,14-17H2. The van der Waals surface area contributed by atoms with Crippen molar-refractivity contribution in [3.8, 4) is 0 Å². The van der Waals surface area contributed by atoms with E-state index in [0.29, 0.717) is 11.1 Å². The van der Waals surface area contributed by atoms with Gasteiger partial charge in [-0.05, 0) is 54.1 Å². The molecule has 1 aliphatic rings. The van der Waals surface area contributed by atoms with E-state index < -0.39 is 0 Å². The summed E-state index contributed by atoms with van der Waals surface area (Å²) in [7, 11) is 0. The molecule has 1 fully saturated rings. The van der Waals surface area contributed by atoms with Crippen LogP contribution in [0.2, 0.25) is 0 Å². The Balaban J connectivity index is 1.40. The van der Waals surface area contributed by atoms with Crippen LogP contribution in [0.15, 0.2) is 84.1 Å². The van der Waals surface area contributed by atoms with E-state index in [1.165, 1.54) is 11.4 Å². The monoisotopic (exact) mass is 447 g/mol. The minimum atomic E-state index is -0.0452. The largest absolute Gasteiger partial charge is 0.368 e. The molecule has 0 bridgehead atoms. The molecule has 1 saturated heterocycles. The van der Waals surface area contributed by atoms with E-state index >= 15 is 0 Å². The number of allylic oxidation sites excluding steroid dienone is 1. The van der Waals surface area contributed by atoms with Crippen LogP contribution in [0, 0.1) is 0 Å². The number of aromatic nitrogens is 1. The van der Waals surface area contributed by atoms with E-state index in [0.717, 1.165) is 36.2 Å². The van der Waals surface area contributed by atoms with E-state index in [9.17, 15) is 4.79 Å². The summed E-state index contributed by atoms with van der Waals surface area (Å²) >= 11 is 3.39. The van der Waals surface area contributed by atoms with Gasteiger partial charge in [0.15, 0.2) is 5.78 Å². The van der Waals surface area contributed by atoms with Crippen LogP contribution in [0.4, 0.5) is 11.4 Å². The third kappa shape index (κ3) is 4.40. The predicted molar refractivity (Wildman–Crippen MR) is 123 cm³/mol. The molecule has 1 aromatic heterocycles. The number of Topliss-reactive ketones (excluding diaryl/α,β-unsaturated/α-hetero) is 1. The molecule has 3 aromatic rings. The van der Waals surface area contributed by atoms with Crippen LogP contribution in [0.1, 0.15) is 15.9 Å². The summed E-state index contributed by atoms with van der Waals surface area (Å²) in [5, 5.41) is 0. The van der Waals surface area contributed by atoms with Gasteiger partial charge in [-0.1, -0.05) is 34.6 Å². The predicted octanol–water partition coefficient (Wildman–Crippen LogP) is 5.07. The first kappa shape index (κ1) is 19.4. The number of halogens is 1. The summed E-state index contributed by atoms with van der Waals surface area (Å²) in [5.41, 5.74) is 4.41. The molecule has 0 unspecified atom stereocenters. The molecule has 146 valence electrons. The third-order valence-corrected chi connectivity index (χ3v) is 5.80. The number of hydrogen-bond donors (Lipinski definition) is 0. The number of benzene rings is 2. The quantitative estimate of drug-likeness (QED) is 0.404. The van der Waals surface area contributed by atoms with Gasteiger partial charge in [0.25, 0.3) is 0 Å². The molecular weight excluding hydrogens is 426 g/mol. The topological polar surface area (TPSA) is 36.4 Å². The molecule has 2 heterocycles. The molecular formula is C24H22BrN3O. The van der Waals surface area contributed by atoms with Gasteiger partial charge in [0.2, 0.25) is 0 Å². The maximum absolute atomic E-state index is 12.7.